The van der Waals surface area contributed by atoms with Gasteiger partial charge in [-0.3, -0.25) is 4.79 Å². The maximum Gasteiger partial charge on any atom is 0.239 e. The fourth-order valence-electron chi connectivity index (χ4n) is 1.95. The highest BCUT2D eigenvalue weighted by Gasteiger charge is 2.12. The Morgan fingerprint density at radius 1 is 1.35 bits per heavy atom. The molecule has 5 heteroatoms. The first-order valence-corrected chi connectivity index (χ1v) is 7.86. The molecule has 0 aromatic heterocycles. The molecular formula is C15H24BrN3O. The average Bonchev–Trinajstić information content (AvgIpc) is 2.45. The van der Waals surface area contributed by atoms with Crippen LogP contribution in [-0.2, 0) is 11.3 Å². The van der Waals surface area contributed by atoms with E-state index in [2.05, 4.69) is 51.7 Å². The van der Waals surface area contributed by atoms with E-state index in [-0.39, 0.29) is 5.91 Å². The molecule has 0 heterocycles. The topological polar surface area (TPSA) is 44.4 Å². The van der Waals surface area contributed by atoms with Crippen LogP contribution in [0.3, 0.4) is 0 Å². The van der Waals surface area contributed by atoms with Crippen LogP contribution in [0, 0.1) is 0 Å². The molecule has 0 saturated carbocycles. The van der Waals surface area contributed by atoms with Crippen molar-refractivity contribution in [2.45, 2.75) is 26.8 Å². The van der Waals surface area contributed by atoms with Crippen LogP contribution in [0.25, 0.3) is 0 Å². The quantitative estimate of drug-likeness (QED) is 0.714. The fraction of sp³-hybridized carbons (Fsp3) is 0.533. The van der Waals surface area contributed by atoms with Crippen LogP contribution >= 0.6 is 15.9 Å². The van der Waals surface area contributed by atoms with Gasteiger partial charge in [0.1, 0.15) is 0 Å². The summed E-state index contributed by atoms with van der Waals surface area (Å²) in [5, 5.41) is 6.04. The molecule has 1 aromatic carbocycles. The normalized spacial score (nSPS) is 10.4. The van der Waals surface area contributed by atoms with E-state index in [4.69, 9.17) is 0 Å². The van der Waals surface area contributed by atoms with Gasteiger partial charge in [0.25, 0.3) is 0 Å². The number of rotatable bonds is 8. The number of benzene rings is 1. The Hall–Kier alpha value is -1.07. The minimum Gasteiger partial charge on any atom is -0.362 e. The molecule has 0 aliphatic carbocycles. The molecule has 2 N–H and O–H groups in total. The van der Waals surface area contributed by atoms with E-state index >= 15 is 0 Å². The maximum absolute atomic E-state index is 11.5. The van der Waals surface area contributed by atoms with Crippen molar-refractivity contribution in [2.75, 3.05) is 31.6 Å². The van der Waals surface area contributed by atoms with Crippen molar-refractivity contribution in [1.29, 1.82) is 0 Å². The number of carbonyl (C=O) groups is 1. The van der Waals surface area contributed by atoms with Gasteiger partial charge in [-0.1, -0.05) is 13.0 Å². The van der Waals surface area contributed by atoms with E-state index in [9.17, 15) is 4.79 Å². The monoisotopic (exact) mass is 341 g/mol. The van der Waals surface area contributed by atoms with E-state index in [1.807, 2.05) is 11.8 Å². The number of amides is 1. The summed E-state index contributed by atoms with van der Waals surface area (Å²) in [5.74, 6) is 0.0208. The van der Waals surface area contributed by atoms with E-state index in [0.29, 0.717) is 6.54 Å². The summed E-state index contributed by atoms with van der Waals surface area (Å²) in [4.78, 5) is 13.6. The van der Waals surface area contributed by atoms with Crippen molar-refractivity contribution in [2.24, 2.45) is 0 Å². The van der Waals surface area contributed by atoms with Crippen molar-refractivity contribution < 1.29 is 4.79 Å². The molecule has 0 atom stereocenters. The van der Waals surface area contributed by atoms with E-state index in [0.717, 1.165) is 36.2 Å². The first-order chi connectivity index (χ1) is 9.62. The zero-order valence-electron chi connectivity index (χ0n) is 12.5. The predicted octanol–water partition coefficient (Wildman–Crippen LogP) is 2.52. The number of hydrogen-bond acceptors (Lipinski definition) is 3. The Bertz CT molecular complexity index is 437. The largest absolute Gasteiger partial charge is 0.362 e. The Morgan fingerprint density at radius 3 is 2.65 bits per heavy atom. The van der Waals surface area contributed by atoms with Gasteiger partial charge >= 0.3 is 0 Å². The Morgan fingerprint density at radius 2 is 2.10 bits per heavy atom. The van der Waals surface area contributed by atoms with Crippen LogP contribution in [0.4, 0.5) is 5.69 Å². The number of nitrogens with one attached hydrogen (secondary N) is 2. The first-order valence-electron chi connectivity index (χ1n) is 7.07. The zero-order chi connectivity index (χ0) is 15.0. The molecule has 4 nitrogen and oxygen atoms in total. The average molecular weight is 342 g/mol. The second kappa shape index (κ2) is 8.97. The van der Waals surface area contributed by atoms with E-state index < -0.39 is 0 Å². The number of anilines is 1. The van der Waals surface area contributed by atoms with Gasteiger partial charge in [-0.25, -0.2) is 0 Å². The number of nitrogens with zero attached hydrogens (tertiary/aromatic N) is 1. The lowest BCUT2D eigenvalue weighted by atomic mass is 10.2. The molecule has 1 rings (SSSR count). The van der Waals surface area contributed by atoms with Crippen molar-refractivity contribution in [3.8, 4) is 0 Å². The van der Waals surface area contributed by atoms with Gasteiger partial charge in [0, 0.05) is 24.6 Å². The third kappa shape index (κ3) is 5.13. The molecule has 0 saturated heterocycles. The van der Waals surface area contributed by atoms with E-state index in [1.165, 1.54) is 5.56 Å². The zero-order valence-corrected chi connectivity index (χ0v) is 14.1. The standard InChI is InChI=1S/C15H24BrN3O/c1-4-8-18-10-12-6-7-14(13(16)9-12)19(5-2)11-15(20)17-3/h6-7,9,18H,4-5,8,10-11H2,1-3H3,(H,17,20). The van der Waals surface area contributed by atoms with Gasteiger partial charge in [0.15, 0.2) is 0 Å². The van der Waals surface area contributed by atoms with Gasteiger partial charge in [0.05, 0.1) is 12.2 Å². The molecule has 0 fully saturated rings. The predicted molar refractivity (Wildman–Crippen MR) is 88.1 cm³/mol. The second-order valence-electron chi connectivity index (χ2n) is 4.65. The molecule has 112 valence electrons. The summed E-state index contributed by atoms with van der Waals surface area (Å²) in [6.45, 7) is 7.26. The Kier molecular flexibility index (Phi) is 7.62. The third-order valence-electron chi connectivity index (χ3n) is 3.10. The molecule has 0 aliphatic heterocycles. The summed E-state index contributed by atoms with van der Waals surface area (Å²) in [5.41, 5.74) is 2.29. The van der Waals surface area contributed by atoms with Gasteiger partial charge in [-0.2, -0.15) is 0 Å². The molecule has 0 unspecified atom stereocenters. The Balaban J connectivity index is 2.76. The van der Waals surface area contributed by atoms with E-state index in [1.54, 1.807) is 7.05 Å². The van der Waals surface area contributed by atoms with Gasteiger partial charge in [0.2, 0.25) is 5.91 Å². The third-order valence-corrected chi connectivity index (χ3v) is 3.74. The summed E-state index contributed by atoms with van der Waals surface area (Å²) in [6.07, 6.45) is 1.13. The number of hydrogen-bond donors (Lipinski definition) is 2. The first kappa shape index (κ1) is 17.0. The molecule has 1 aromatic rings. The lowest BCUT2D eigenvalue weighted by molar-refractivity contribution is -0.119. The molecule has 0 radical (unpaired) electrons. The van der Waals surface area contributed by atoms with Crippen LogP contribution in [0.1, 0.15) is 25.8 Å². The molecule has 0 bridgehead atoms. The molecule has 20 heavy (non-hydrogen) atoms. The van der Waals surface area contributed by atoms with Crippen molar-refractivity contribution in [3.63, 3.8) is 0 Å². The van der Waals surface area contributed by atoms with Crippen LogP contribution in [0.2, 0.25) is 0 Å². The van der Waals surface area contributed by atoms with Crippen molar-refractivity contribution >= 4 is 27.5 Å². The molecule has 0 aliphatic rings. The lowest BCUT2D eigenvalue weighted by Crippen LogP contribution is -2.35. The summed E-state index contributed by atoms with van der Waals surface area (Å²) >= 11 is 3.61. The van der Waals surface area contributed by atoms with Gasteiger partial charge < -0.3 is 15.5 Å². The SMILES string of the molecule is CCCNCc1ccc(N(CC)CC(=O)NC)c(Br)c1. The highest BCUT2D eigenvalue weighted by atomic mass is 79.9. The number of halogens is 1. The van der Waals surface area contributed by atoms with Gasteiger partial charge in [-0.15, -0.1) is 0 Å². The summed E-state index contributed by atoms with van der Waals surface area (Å²) < 4.78 is 1.03. The van der Waals surface area contributed by atoms with Crippen LogP contribution in [0.5, 0.6) is 0 Å². The lowest BCUT2D eigenvalue weighted by Gasteiger charge is -2.23. The molecular weight excluding hydrogens is 318 g/mol. The minimum absolute atomic E-state index is 0.0208. The second-order valence-corrected chi connectivity index (χ2v) is 5.50. The molecule has 1 amide bonds. The van der Waals surface area contributed by atoms with Gasteiger partial charge in [-0.05, 0) is 53.5 Å². The maximum atomic E-state index is 11.5. The van der Waals surface area contributed by atoms with Crippen molar-refractivity contribution in [3.05, 3.63) is 28.2 Å². The number of likely N-dealkylation sites (N-methyl/N-ethyl adjacent to an activating group) is 2. The smallest absolute Gasteiger partial charge is 0.239 e. The highest BCUT2D eigenvalue weighted by Crippen LogP contribution is 2.27. The fourth-order valence-corrected chi connectivity index (χ4v) is 2.62. The van der Waals surface area contributed by atoms with Crippen LogP contribution in [0.15, 0.2) is 22.7 Å². The van der Waals surface area contributed by atoms with Crippen LogP contribution < -0.4 is 15.5 Å². The molecule has 0 spiro atoms. The number of carbonyl (C=O) groups excluding carboxylic acids is 1. The minimum atomic E-state index is 0.0208. The van der Waals surface area contributed by atoms with Crippen LogP contribution in [-0.4, -0.2) is 32.6 Å². The van der Waals surface area contributed by atoms with Crippen molar-refractivity contribution in [1.82, 2.24) is 10.6 Å². The Labute approximate surface area is 130 Å². The summed E-state index contributed by atoms with van der Waals surface area (Å²) in [7, 11) is 1.66. The highest BCUT2D eigenvalue weighted by molar-refractivity contribution is 9.10. The summed E-state index contributed by atoms with van der Waals surface area (Å²) in [6, 6.07) is 6.29.